The van der Waals surface area contributed by atoms with Crippen LogP contribution in [0.25, 0.3) is 0 Å². The fourth-order valence-electron chi connectivity index (χ4n) is 1.33. The van der Waals surface area contributed by atoms with Gasteiger partial charge in [-0.05, 0) is 31.3 Å². The van der Waals surface area contributed by atoms with Crippen molar-refractivity contribution < 1.29 is 19.4 Å². The molecule has 0 heterocycles. The molecule has 90 valence electrons. The van der Waals surface area contributed by atoms with Gasteiger partial charge in [0.15, 0.2) is 0 Å². The summed E-state index contributed by atoms with van der Waals surface area (Å²) in [6.45, 7) is 0. The minimum absolute atomic E-state index is 0.163. The van der Waals surface area contributed by atoms with Crippen LogP contribution in [0.4, 0.5) is 19.4 Å². The van der Waals surface area contributed by atoms with Crippen LogP contribution in [-0.4, -0.2) is 0 Å². The molecule has 0 aromatic heterocycles. The molecule has 1 aliphatic rings. The van der Waals surface area contributed by atoms with Gasteiger partial charge in [0.05, 0.1) is 10.4 Å². The van der Waals surface area contributed by atoms with E-state index < -0.39 is 20.7 Å². The first-order valence-electron chi connectivity index (χ1n) is 4.29. The number of halogens is 6. The highest BCUT2D eigenvalue weighted by Crippen LogP contribution is 2.99. The zero-order valence-corrected chi connectivity index (χ0v) is 9.23. The van der Waals surface area contributed by atoms with Crippen molar-refractivity contribution in [1.82, 2.24) is 0 Å². The monoisotopic (exact) mass is 268 g/mol. The third kappa shape index (κ3) is 5.41. The van der Waals surface area contributed by atoms with Crippen LogP contribution in [0.5, 0.6) is 0 Å². The van der Waals surface area contributed by atoms with Crippen LogP contribution in [0.2, 0.25) is 0 Å². The molecule has 0 unspecified atom stereocenters. The Bertz CT molecular complexity index is 325. The van der Waals surface area contributed by atoms with E-state index in [0.29, 0.717) is 19.3 Å². The normalized spacial score (nSPS) is 24.1. The summed E-state index contributed by atoms with van der Waals surface area (Å²) in [5, 5.41) is -1.90. The number of hydrogen-bond donors (Lipinski definition) is 0. The molecule has 0 N–H and O–H groups in total. The smallest absolute Gasteiger partial charge is 0.0941 e. The molecule has 0 saturated heterocycles. The highest BCUT2D eigenvalue weighted by molar-refractivity contribution is 8.48. The largest absolute Gasteiger partial charge is 0.305 e. The van der Waals surface area contributed by atoms with Crippen LogP contribution in [0.1, 0.15) is 25.7 Å². The third-order valence-electron chi connectivity index (χ3n) is 1.92. The Kier molecular flexibility index (Phi) is 2.68. The Morgan fingerprint density at radius 1 is 1.20 bits per heavy atom. The average molecular weight is 269 g/mol. The summed E-state index contributed by atoms with van der Waals surface area (Å²) >= 11 is 5.25. The van der Waals surface area contributed by atoms with E-state index in [1.165, 1.54) is 6.08 Å². The van der Waals surface area contributed by atoms with E-state index in [4.69, 9.17) is 11.6 Å². The third-order valence-corrected chi connectivity index (χ3v) is 3.09. The Morgan fingerprint density at radius 2 is 1.80 bits per heavy atom. The first-order valence-corrected chi connectivity index (χ1v) is 6.68. The summed E-state index contributed by atoms with van der Waals surface area (Å²) in [4.78, 5) is 0. The summed E-state index contributed by atoms with van der Waals surface area (Å²) in [6.07, 6.45) is 3.91. The van der Waals surface area contributed by atoms with Gasteiger partial charge in [-0.25, -0.2) is 0 Å². The Labute approximate surface area is 89.5 Å². The molecule has 0 radical (unpaired) electrons. The van der Waals surface area contributed by atoms with E-state index in [9.17, 15) is 19.4 Å². The Balaban J connectivity index is 3.00. The lowest BCUT2D eigenvalue weighted by Gasteiger charge is -2.37. The molecule has 0 spiro atoms. The van der Waals surface area contributed by atoms with Gasteiger partial charge in [-0.2, -0.15) is 0 Å². The first-order chi connectivity index (χ1) is 6.47. The van der Waals surface area contributed by atoms with Gasteiger partial charge in [-0.3, -0.25) is 0 Å². The molecule has 15 heavy (non-hydrogen) atoms. The predicted molar refractivity (Wildman–Crippen MR) is 53.6 cm³/mol. The van der Waals surface area contributed by atoms with Gasteiger partial charge in [0.2, 0.25) is 0 Å². The van der Waals surface area contributed by atoms with Crippen LogP contribution in [0.15, 0.2) is 22.1 Å². The fraction of sp³-hybridized carbons (Fsp3) is 0.500. The van der Waals surface area contributed by atoms with E-state index in [-0.39, 0.29) is 5.57 Å². The molecule has 1 aliphatic carbocycles. The Morgan fingerprint density at radius 3 is 2.20 bits per heavy atom. The number of hydrogen-bond acceptors (Lipinski definition) is 0. The molecule has 0 aromatic rings. The van der Waals surface area contributed by atoms with Crippen LogP contribution in [0, 0.1) is 0 Å². The van der Waals surface area contributed by atoms with Crippen molar-refractivity contribution in [3.05, 3.63) is 22.1 Å². The SMILES string of the molecule is FS(F)(F)(F)(F)/C=C(/Cl)C1=CCCCC1. The van der Waals surface area contributed by atoms with Gasteiger partial charge in [0, 0.05) is 0 Å². The lowest BCUT2D eigenvalue weighted by molar-refractivity contribution is 0.384. The molecule has 0 fully saturated rings. The van der Waals surface area contributed by atoms with Crippen molar-refractivity contribution >= 4 is 21.8 Å². The standard InChI is InChI=1S/C8H10ClF5S/c9-8(6-15(10,11,12,13)14)7-4-2-1-3-5-7/h4,6H,1-3,5H2/b8-6+. The van der Waals surface area contributed by atoms with Crippen LogP contribution < -0.4 is 0 Å². The van der Waals surface area contributed by atoms with Crippen LogP contribution >= 0.6 is 21.8 Å². The van der Waals surface area contributed by atoms with E-state index in [2.05, 4.69) is 0 Å². The van der Waals surface area contributed by atoms with Gasteiger partial charge in [0.25, 0.3) is 0 Å². The van der Waals surface area contributed by atoms with Gasteiger partial charge in [-0.15, -0.1) is 0 Å². The molecule has 0 saturated carbocycles. The quantitative estimate of drug-likeness (QED) is 0.550. The highest BCUT2D eigenvalue weighted by atomic mass is 35.5. The molecule has 0 bridgehead atoms. The maximum atomic E-state index is 12.0. The number of rotatable bonds is 2. The topological polar surface area (TPSA) is 0 Å². The zero-order chi connectivity index (χ0) is 11.8. The molecule has 1 rings (SSSR count). The van der Waals surface area contributed by atoms with E-state index in [0.717, 1.165) is 6.42 Å². The average Bonchev–Trinajstić information content (AvgIpc) is 2.00. The second-order valence-corrected chi connectivity index (χ2v) is 6.17. The summed E-state index contributed by atoms with van der Waals surface area (Å²) in [5.41, 5.74) is 0.163. The van der Waals surface area contributed by atoms with Crippen molar-refractivity contribution in [3.63, 3.8) is 0 Å². The lowest BCUT2D eigenvalue weighted by Crippen LogP contribution is -2.02. The lowest BCUT2D eigenvalue weighted by atomic mass is 10.00. The van der Waals surface area contributed by atoms with Gasteiger partial charge in [-0.1, -0.05) is 37.1 Å². The molecular formula is C8H10ClF5S. The maximum Gasteiger partial charge on any atom is 0.305 e. The maximum absolute atomic E-state index is 12.0. The van der Waals surface area contributed by atoms with Gasteiger partial charge in [0.1, 0.15) is 0 Å². The minimum Gasteiger partial charge on any atom is -0.0941 e. The summed E-state index contributed by atoms with van der Waals surface area (Å²) in [7, 11) is -9.53. The van der Waals surface area contributed by atoms with Crippen LogP contribution in [-0.2, 0) is 0 Å². The van der Waals surface area contributed by atoms with Crippen molar-refractivity contribution in [3.8, 4) is 0 Å². The van der Waals surface area contributed by atoms with Gasteiger partial charge >= 0.3 is 10.2 Å². The fourth-order valence-corrected chi connectivity index (χ4v) is 2.55. The van der Waals surface area contributed by atoms with E-state index >= 15 is 0 Å². The molecule has 0 aliphatic heterocycles. The molecular weight excluding hydrogens is 259 g/mol. The molecule has 0 aromatic carbocycles. The summed E-state index contributed by atoms with van der Waals surface area (Å²) in [6, 6.07) is 0. The predicted octanol–water partition coefficient (Wildman–Crippen LogP) is 5.87. The molecule has 0 nitrogen and oxygen atoms in total. The zero-order valence-electron chi connectivity index (χ0n) is 7.66. The van der Waals surface area contributed by atoms with Crippen molar-refractivity contribution in [1.29, 1.82) is 0 Å². The molecule has 7 heteroatoms. The second kappa shape index (κ2) is 3.13. The molecule has 0 atom stereocenters. The van der Waals surface area contributed by atoms with Gasteiger partial charge < -0.3 is 0 Å². The second-order valence-electron chi connectivity index (χ2n) is 3.47. The van der Waals surface area contributed by atoms with Crippen molar-refractivity contribution in [2.75, 3.05) is 0 Å². The molecule has 0 amide bonds. The first kappa shape index (κ1) is 12.8. The Hall–Kier alpha value is -0.230. The van der Waals surface area contributed by atoms with Crippen LogP contribution in [0.3, 0.4) is 0 Å². The van der Waals surface area contributed by atoms with Crippen molar-refractivity contribution in [2.45, 2.75) is 25.7 Å². The van der Waals surface area contributed by atoms with E-state index in [1.807, 2.05) is 0 Å². The highest BCUT2D eigenvalue weighted by Gasteiger charge is 2.61. The minimum atomic E-state index is -9.53. The van der Waals surface area contributed by atoms with E-state index in [1.54, 1.807) is 0 Å². The van der Waals surface area contributed by atoms with Crippen molar-refractivity contribution in [2.24, 2.45) is 0 Å². The number of allylic oxidation sites excluding steroid dienone is 3. The summed E-state index contributed by atoms with van der Waals surface area (Å²) < 4.78 is 60.2. The summed E-state index contributed by atoms with van der Waals surface area (Å²) in [5.74, 6) is 0.